The molecular weight excluding hydrogens is 291 g/mol. The van der Waals surface area contributed by atoms with Gasteiger partial charge in [0.05, 0.1) is 17.0 Å². The Morgan fingerprint density at radius 2 is 2.00 bits per heavy atom. The van der Waals surface area contributed by atoms with Crippen molar-refractivity contribution in [1.82, 2.24) is 9.97 Å². The number of halogens is 1. The number of carboxylic acid groups (broad SMARTS) is 1. The van der Waals surface area contributed by atoms with Crippen LogP contribution < -0.4 is 0 Å². The summed E-state index contributed by atoms with van der Waals surface area (Å²) in [6.45, 7) is 3.79. The van der Waals surface area contributed by atoms with Crippen LogP contribution in [-0.4, -0.2) is 21.0 Å². The minimum atomic E-state index is -1.02. The topological polar surface area (TPSA) is 63.1 Å². The van der Waals surface area contributed by atoms with Crippen LogP contribution >= 0.6 is 11.8 Å². The van der Waals surface area contributed by atoms with Crippen LogP contribution in [0.4, 0.5) is 4.39 Å². The van der Waals surface area contributed by atoms with Crippen LogP contribution in [0.1, 0.15) is 41.6 Å². The molecule has 1 aromatic carbocycles. The Morgan fingerprint density at radius 3 is 2.57 bits per heavy atom. The largest absolute Gasteiger partial charge is 0.478 e. The highest BCUT2D eigenvalue weighted by molar-refractivity contribution is 7.98. The first kappa shape index (κ1) is 15.4. The van der Waals surface area contributed by atoms with Gasteiger partial charge in [-0.2, -0.15) is 0 Å². The van der Waals surface area contributed by atoms with Gasteiger partial charge in [0.15, 0.2) is 0 Å². The lowest BCUT2D eigenvalue weighted by molar-refractivity contribution is 0.0694. The molecule has 110 valence electrons. The van der Waals surface area contributed by atoms with E-state index in [1.807, 2.05) is 13.8 Å². The number of rotatable bonds is 5. The van der Waals surface area contributed by atoms with Crippen LogP contribution in [0, 0.1) is 5.82 Å². The van der Waals surface area contributed by atoms with E-state index in [-0.39, 0.29) is 17.3 Å². The van der Waals surface area contributed by atoms with Crippen LogP contribution in [-0.2, 0) is 5.75 Å². The number of carboxylic acids is 1. The van der Waals surface area contributed by atoms with E-state index < -0.39 is 5.97 Å². The van der Waals surface area contributed by atoms with E-state index in [0.29, 0.717) is 17.3 Å². The number of aromatic carboxylic acids is 1. The molecule has 0 amide bonds. The Kier molecular flexibility index (Phi) is 4.90. The second-order valence-corrected chi connectivity index (χ2v) is 5.84. The predicted octanol–water partition coefficient (Wildman–Crippen LogP) is 3.73. The van der Waals surface area contributed by atoms with E-state index in [1.54, 1.807) is 12.1 Å². The minimum absolute atomic E-state index is 0.00803. The smallest absolute Gasteiger partial charge is 0.339 e. The van der Waals surface area contributed by atoms with Gasteiger partial charge < -0.3 is 5.11 Å². The standard InChI is InChI=1S/C15H15FN2O2S/c1-9(2)14-12(15(19)20)7-17-13(18-14)8-21-11-5-3-10(16)4-6-11/h3-7,9H,8H2,1-2H3,(H,19,20). The first-order valence-electron chi connectivity index (χ1n) is 6.45. The van der Waals surface area contributed by atoms with Crippen molar-refractivity contribution in [3.05, 3.63) is 53.4 Å². The Hall–Kier alpha value is -1.95. The fourth-order valence-electron chi connectivity index (χ4n) is 1.79. The maximum atomic E-state index is 12.8. The zero-order valence-electron chi connectivity index (χ0n) is 11.7. The molecule has 2 aromatic rings. The molecule has 0 aliphatic rings. The third-order valence-electron chi connectivity index (χ3n) is 2.83. The van der Waals surface area contributed by atoms with Crippen molar-refractivity contribution in [2.24, 2.45) is 0 Å². The second kappa shape index (κ2) is 6.67. The third-order valence-corrected chi connectivity index (χ3v) is 3.84. The molecule has 0 aliphatic heterocycles. The van der Waals surface area contributed by atoms with Crippen molar-refractivity contribution in [1.29, 1.82) is 0 Å². The van der Waals surface area contributed by atoms with Gasteiger partial charge in [0, 0.05) is 11.1 Å². The van der Waals surface area contributed by atoms with Gasteiger partial charge in [-0.3, -0.25) is 0 Å². The van der Waals surface area contributed by atoms with E-state index in [2.05, 4.69) is 9.97 Å². The fourth-order valence-corrected chi connectivity index (χ4v) is 2.55. The third kappa shape index (κ3) is 4.01. The van der Waals surface area contributed by atoms with Crippen molar-refractivity contribution in [3.63, 3.8) is 0 Å². The fraction of sp³-hybridized carbons (Fsp3) is 0.267. The van der Waals surface area contributed by atoms with E-state index in [1.165, 1.54) is 30.1 Å². The minimum Gasteiger partial charge on any atom is -0.478 e. The van der Waals surface area contributed by atoms with Crippen LogP contribution in [0.3, 0.4) is 0 Å². The zero-order chi connectivity index (χ0) is 15.4. The molecule has 6 heteroatoms. The normalized spacial score (nSPS) is 10.9. The monoisotopic (exact) mass is 306 g/mol. The molecule has 0 spiro atoms. The highest BCUT2D eigenvalue weighted by atomic mass is 32.2. The van der Waals surface area contributed by atoms with E-state index >= 15 is 0 Å². The van der Waals surface area contributed by atoms with Gasteiger partial charge in [-0.25, -0.2) is 19.2 Å². The number of hydrogen-bond donors (Lipinski definition) is 1. The van der Waals surface area contributed by atoms with Gasteiger partial charge in [0.2, 0.25) is 0 Å². The number of hydrogen-bond acceptors (Lipinski definition) is 4. The van der Waals surface area contributed by atoms with Crippen LogP contribution in [0.2, 0.25) is 0 Å². The van der Waals surface area contributed by atoms with Crippen molar-refractivity contribution in [2.75, 3.05) is 0 Å². The van der Waals surface area contributed by atoms with Crippen LogP contribution in [0.15, 0.2) is 35.4 Å². The summed E-state index contributed by atoms with van der Waals surface area (Å²) in [7, 11) is 0. The maximum Gasteiger partial charge on any atom is 0.339 e. The summed E-state index contributed by atoms with van der Waals surface area (Å²) < 4.78 is 12.8. The van der Waals surface area contributed by atoms with E-state index in [4.69, 9.17) is 5.11 Å². The molecule has 0 fully saturated rings. The summed E-state index contributed by atoms with van der Waals surface area (Å²) in [6.07, 6.45) is 1.35. The van der Waals surface area contributed by atoms with Gasteiger partial charge in [-0.05, 0) is 30.2 Å². The first-order chi connectivity index (χ1) is 9.97. The van der Waals surface area contributed by atoms with Crippen molar-refractivity contribution >= 4 is 17.7 Å². The molecule has 0 saturated heterocycles. The Morgan fingerprint density at radius 1 is 1.33 bits per heavy atom. The summed E-state index contributed by atoms with van der Waals surface area (Å²) in [5.41, 5.74) is 0.674. The Labute approximate surface area is 126 Å². The van der Waals surface area contributed by atoms with Gasteiger partial charge >= 0.3 is 5.97 Å². The molecule has 0 unspecified atom stereocenters. The molecule has 21 heavy (non-hydrogen) atoms. The molecule has 1 N–H and O–H groups in total. The highest BCUT2D eigenvalue weighted by Gasteiger charge is 2.16. The molecule has 1 aromatic heterocycles. The second-order valence-electron chi connectivity index (χ2n) is 4.79. The Bertz CT molecular complexity index is 645. The summed E-state index contributed by atoms with van der Waals surface area (Å²) >= 11 is 1.48. The number of nitrogens with zero attached hydrogens (tertiary/aromatic N) is 2. The quantitative estimate of drug-likeness (QED) is 0.853. The number of aromatic nitrogens is 2. The molecule has 4 nitrogen and oxygen atoms in total. The van der Waals surface area contributed by atoms with Crippen LogP contribution in [0.5, 0.6) is 0 Å². The summed E-state index contributed by atoms with van der Waals surface area (Å²) in [5, 5.41) is 9.12. The number of carbonyl (C=O) groups is 1. The van der Waals surface area contributed by atoms with E-state index in [9.17, 15) is 9.18 Å². The van der Waals surface area contributed by atoms with Crippen molar-refractivity contribution in [2.45, 2.75) is 30.4 Å². The zero-order valence-corrected chi connectivity index (χ0v) is 12.5. The van der Waals surface area contributed by atoms with Gasteiger partial charge in [-0.15, -0.1) is 11.8 Å². The lowest BCUT2D eigenvalue weighted by Crippen LogP contribution is -2.09. The highest BCUT2D eigenvalue weighted by Crippen LogP contribution is 2.23. The predicted molar refractivity (Wildman–Crippen MR) is 79.0 cm³/mol. The Balaban J connectivity index is 2.15. The first-order valence-corrected chi connectivity index (χ1v) is 7.43. The van der Waals surface area contributed by atoms with Gasteiger partial charge in [0.1, 0.15) is 11.6 Å². The molecule has 0 radical (unpaired) electrons. The molecular formula is C15H15FN2O2S. The summed E-state index contributed by atoms with van der Waals surface area (Å²) in [5.74, 6) is -0.211. The lowest BCUT2D eigenvalue weighted by Gasteiger charge is -2.10. The lowest BCUT2D eigenvalue weighted by atomic mass is 10.1. The molecule has 1 heterocycles. The van der Waals surface area contributed by atoms with Crippen LogP contribution in [0.25, 0.3) is 0 Å². The number of thioether (sulfide) groups is 1. The average molecular weight is 306 g/mol. The average Bonchev–Trinajstić information content (AvgIpc) is 2.46. The molecule has 0 bridgehead atoms. The molecule has 0 saturated carbocycles. The molecule has 0 atom stereocenters. The maximum absolute atomic E-state index is 12.8. The summed E-state index contributed by atoms with van der Waals surface area (Å²) in [6, 6.07) is 6.18. The SMILES string of the molecule is CC(C)c1nc(CSc2ccc(F)cc2)ncc1C(=O)O. The molecule has 2 rings (SSSR count). The van der Waals surface area contributed by atoms with Gasteiger partial charge in [-0.1, -0.05) is 13.8 Å². The van der Waals surface area contributed by atoms with Gasteiger partial charge in [0.25, 0.3) is 0 Å². The number of benzene rings is 1. The van der Waals surface area contributed by atoms with Crippen molar-refractivity contribution in [3.8, 4) is 0 Å². The van der Waals surface area contributed by atoms with Crippen molar-refractivity contribution < 1.29 is 14.3 Å². The summed E-state index contributed by atoms with van der Waals surface area (Å²) in [4.78, 5) is 20.5. The van der Waals surface area contributed by atoms with E-state index in [0.717, 1.165) is 4.90 Å². The molecule has 0 aliphatic carbocycles.